The van der Waals surface area contributed by atoms with Crippen LogP contribution < -0.4 is 10.2 Å². The van der Waals surface area contributed by atoms with Crippen LogP contribution in [-0.4, -0.2) is 18.7 Å². The van der Waals surface area contributed by atoms with Gasteiger partial charge in [0.15, 0.2) is 4.67 Å². The van der Waals surface area contributed by atoms with Crippen LogP contribution >= 0.6 is 15.9 Å². The number of hydrogen-bond donors (Lipinski definition) is 1. The third-order valence-corrected chi connectivity index (χ3v) is 2.81. The molecule has 1 heterocycles. The minimum absolute atomic E-state index is 0.296. The largest absolute Gasteiger partial charge is 0.494 e. The van der Waals surface area contributed by atoms with E-state index in [2.05, 4.69) is 26.5 Å². The molecule has 2 aromatic rings. The molecule has 5 nitrogen and oxygen atoms in total. The lowest BCUT2D eigenvalue weighted by atomic mass is 10.2. The Balaban J connectivity index is 1.92. The summed E-state index contributed by atoms with van der Waals surface area (Å²) in [7, 11) is 0. The number of carbonyl (C=O) groups excluding carboxylic acids is 1. The maximum absolute atomic E-state index is 11.8. The highest BCUT2D eigenvalue weighted by Crippen LogP contribution is 2.13. The Labute approximate surface area is 124 Å². The van der Waals surface area contributed by atoms with E-state index in [0.29, 0.717) is 22.6 Å². The molecule has 0 spiro atoms. The van der Waals surface area contributed by atoms with Crippen molar-refractivity contribution in [2.45, 2.75) is 6.92 Å². The van der Waals surface area contributed by atoms with Gasteiger partial charge in [-0.05, 0) is 59.3 Å². The summed E-state index contributed by atoms with van der Waals surface area (Å²) in [5.74, 6) is 0.978. The highest BCUT2D eigenvalue weighted by Gasteiger charge is 2.04. The molecule has 0 aliphatic heterocycles. The fourth-order valence-corrected chi connectivity index (χ4v) is 1.81. The average Bonchev–Trinajstić information content (AvgIpc) is 2.85. The Morgan fingerprint density at radius 2 is 2.10 bits per heavy atom. The fourth-order valence-electron chi connectivity index (χ4n) is 1.49. The standard InChI is InChI=1S/C14H13BrN2O3/c1-2-19-11-5-3-10(4-6-11)14(18)17-16-9-12-7-8-13(15)20-12/h3-9H,2H2,1H3,(H,17,18)/b16-9-. The molecule has 0 aliphatic carbocycles. The van der Waals surface area contributed by atoms with Crippen LogP contribution in [0.2, 0.25) is 0 Å². The van der Waals surface area contributed by atoms with Crippen molar-refractivity contribution in [2.75, 3.05) is 6.61 Å². The highest BCUT2D eigenvalue weighted by atomic mass is 79.9. The summed E-state index contributed by atoms with van der Waals surface area (Å²) >= 11 is 3.18. The van der Waals surface area contributed by atoms with Crippen LogP contribution in [0.1, 0.15) is 23.0 Å². The van der Waals surface area contributed by atoms with Gasteiger partial charge in [-0.2, -0.15) is 5.10 Å². The van der Waals surface area contributed by atoms with Crippen LogP contribution in [-0.2, 0) is 0 Å². The Bertz CT molecular complexity index is 605. The molecular weight excluding hydrogens is 324 g/mol. The van der Waals surface area contributed by atoms with E-state index in [9.17, 15) is 4.79 Å². The second-order valence-electron chi connectivity index (χ2n) is 3.80. The van der Waals surface area contributed by atoms with Crippen molar-refractivity contribution in [2.24, 2.45) is 5.10 Å². The van der Waals surface area contributed by atoms with Gasteiger partial charge in [0.2, 0.25) is 0 Å². The molecule has 1 N–H and O–H groups in total. The van der Waals surface area contributed by atoms with E-state index in [1.807, 2.05) is 6.92 Å². The molecule has 104 valence electrons. The molecule has 1 aromatic heterocycles. The number of benzene rings is 1. The van der Waals surface area contributed by atoms with E-state index >= 15 is 0 Å². The van der Waals surface area contributed by atoms with Gasteiger partial charge in [0, 0.05) is 5.56 Å². The van der Waals surface area contributed by atoms with Crippen LogP contribution in [0.3, 0.4) is 0 Å². The maximum atomic E-state index is 11.8. The summed E-state index contributed by atoms with van der Waals surface area (Å²) in [6, 6.07) is 10.3. The normalized spacial score (nSPS) is 10.7. The number of ether oxygens (including phenoxy) is 1. The number of hydrazone groups is 1. The number of furan rings is 1. The number of carbonyl (C=O) groups is 1. The Morgan fingerprint density at radius 1 is 1.35 bits per heavy atom. The molecule has 0 saturated carbocycles. The Kier molecular flexibility index (Phi) is 4.95. The predicted molar refractivity (Wildman–Crippen MR) is 79.1 cm³/mol. The van der Waals surface area contributed by atoms with Crippen LogP contribution in [0.4, 0.5) is 0 Å². The molecule has 0 radical (unpaired) electrons. The lowest BCUT2D eigenvalue weighted by Crippen LogP contribution is -2.17. The summed E-state index contributed by atoms with van der Waals surface area (Å²) in [5, 5.41) is 3.82. The fraction of sp³-hybridized carbons (Fsp3) is 0.143. The van der Waals surface area contributed by atoms with Gasteiger partial charge in [-0.15, -0.1) is 0 Å². The summed E-state index contributed by atoms with van der Waals surface area (Å²) in [6.45, 7) is 2.50. The molecule has 2 rings (SSSR count). The predicted octanol–water partition coefficient (Wildman–Crippen LogP) is 3.20. The van der Waals surface area contributed by atoms with E-state index in [-0.39, 0.29) is 5.91 Å². The first-order valence-electron chi connectivity index (χ1n) is 6.00. The van der Waals surface area contributed by atoms with E-state index in [4.69, 9.17) is 9.15 Å². The number of hydrogen-bond acceptors (Lipinski definition) is 4. The van der Waals surface area contributed by atoms with Crippen LogP contribution in [0.25, 0.3) is 0 Å². The number of nitrogens with one attached hydrogen (secondary N) is 1. The van der Waals surface area contributed by atoms with Gasteiger partial charge in [0.05, 0.1) is 12.8 Å². The van der Waals surface area contributed by atoms with Gasteiger partial charge in [-0.3, -0.25) is 4.79 Å². The van der Waals surface area contributed by atoms with Gasteiger partial charge < -0.3 is 9.15 Å². The third kappa shape index (κ3) is 3.96. The van der Waals surface area contributed by atoms with Gasteiger partial charge in [-0.1, -0.05) is 0 Å². The summed E-state index contributed by atoms with van der Waals surface area (Å²) < 4.78 is 11.1. The second kappa shape index (κ2) is 6.91. The van der Waals surface area contributed by atoms with Gasteiger partial charge in [0.25, 0.3) is 5.91 Å². The Morgan fingerprint density at radius 3 is 2.70 bits per heavy atom. The monoisotopic (exact) mass is 336 g/mol. The minimum atomic E-state index is -0.296. The molecule has 0 saturated heterocycles. The zero-order valence-electron chi connectivity index (χ0n) is 10.8. The van der Waals surface area contributed by atoms with Gasteiger partial charge >= 0.3 is 0 Å². The zero-order valence-corrected chi connectivity index (χ0v) is 12.4. The van der Waals surface area contributed by atoms with Crippen molar-refractivity contribution in [3.63, 3.8) is 0 Å². The van der Waals surface area contributed by atoms with E-state index < -0.39 is 0 Å². The van der Waals surface area contributed by atoms with Crippen molar-refractivity contribution in [3.8, 4) is 5.75 Å². The first kappa shape index (κ1) is 14.3. The number of halogens is 1. The van der Waals surface area contributed by atoms with Crippen molar-refractivity contribution in [1.29, 1.82) is 0 Å². The SMILES string of the molecule is CCOc1ccc(C(=O)N/N=C\c2ccc(Br)o2)cc1. The Hall–Kier alpha value is -2.08. The molecule has 0 fully saturated rings. The molecule has 1 amide bonds. The molecule has 0 aliphatic rings. The first-order chi connectivity index (χ1) is 9.69. The zero-order chi connectivity index (χ0) is 14.4. The number of amides is 1. The van der Waals surface area contributed by atoms with Crippen LogP contribution in [0.15, 0.2) is 50.6 Å². The minimum Gasteiger partial charge on any atom is -0.494 e. The summed E-state index contributed by atoms with van der Waals surface area (Å²) in [5.41, 5.74) is 2.93. The van der Waals surface area contributed by atoms with Crippen molar-refractivity contribution >= 4 is 28.1 Å². The highest BCUT2D eigenvalue weighted by molar-refractivity contribution is 9.10. The van der Waals surface area contributed by atoms with E-state index in [0.717, 1.165) is 5.75 Å². The van der Waals surface area contributed by atoms with E-state index in [1.54, 1.807) is 36.4 Å². The van der Waals surface area contributed by atoms with Gasteiger partial charge in [0.1, 0.15) is 11.5 Å². The number of rotatable bonds is 5. The van der Waals surface area contributed by atoms with Crippen LogP contribution in [0.5, 0.6) is 5.75 Å². The quantitative estimate of drug-likeness (QED) is 0.673. The third-order valence-electron chi connectivity index (χ3n) is 2.38. The van der Waals surface area contributed by atoms with Crippen LogP contribution in [0, 0.1) is 0 Å². The molecule has 20 heavy (non-hydrogen) atoms. The lowest BCUT2D eigenvalue weighted by Gasteiger charge is -2.03. The average molecular weight is 337 g/mol. The lowest BCUT2D eigenvalue weighted by molar-refractivity contribution is 0.0955. The maximum Gasteiger partial charge on any atom is 0.271 e. The van der Waals surface area contributed by atoms with Crippen molar-refractivity contribution in [1.82, 2.24) is 5.43 Å². The van der Waals surface area contributed by atoms with Gasteiger partial charge in [-0.25, -0.2) is 5.43 Å². The summed E-state index contributed by atoms with van der Waals surface area (Å²) in [6.07, 6.45) is 1.43. The van der Waals surface area contributed by atoms with Crippen molar-refractivity contribution < 1.29 is 13.9 Å². The first-order valence-corrected chi connectivity index (χ1v) is 6.80. The molecule has 0 atom stereocenters. The molecule has 6 heteroatoms. The van der Waals surface area contributed by atoms with E-state index in [1.165, 1.54) is 6.21 Å². The molecule has 0 bridgehead atoms. The number of nitrogens with zero attached hydrogens (tertiary/aromatic N) is 1. The molecular formula is C14H13BrN2O3. The molecule has 1 aromatic carbocycles. The molecule has 0 unspecified atom stereocenters. The smallest absolute Gasteiger partial charge is 0.271 e. The topological polar surface area (TPSA) is 63.8 Å². The summed E-state index contributed by atoms with van der Waals surface area (Å²) in [4.78, 5) is 11.8. The second-order valence-corrected chi connectivity index (χ2v) is 4.58. The van der Waals surface area contributed by atoms with Crippen molar-refractivity contribution in [3.05, 3.63) is 52.4 Å².